The molecule has 4 nitrogen and oxygen atoms in total. The summed E-state index contributed by atoms with van der Waals surface area (Å²) in [5.74, 6) is 1.34. The van der Waals surface area contributed by atoms with Crippen LogP contribution in [0.1, 0.15) is 29.5 Å². The first-order valence-electron chi connectivity index (χ1n) is 16.2. The van der Waals surface area contributed by atoms with Gasteiger partial charge in [-0.25, -0.2) is 0 Å². The van der Waals surface area contributed by atoms with E-state index in [2.05, 4.69) is 133 Å². The van der Waals surface area contributed by atoms with Crippen molar-refractivity contribution in [2.24, 2.45) is 11.8 Å². The number of fused-ring (bicyclic) bond motifs is 6. The molecule has 1 aromatic heterocycles. The molecule has 47 heavy (non-hydrogen) atoms. The van der Waals surface area contributed by atoms with Gasteiger partial charge in [-0.05, 0) is 60.1 Å². The summed E-state index contributed by atoms with van der Waals surface area (Å²) in [5, 5.41) is 12.9. The third-order valence-corrected chi connectivity index (χ3v) is 10.2. The predicted octanol–water partition coefficient (Wildman–Crippen LogP) is 9.89. The Kier molecular flexibility index (Phi) is 6.23. The summed E-state index contributed by atoms with van der Waals surface area (Å²) in [6.45, 7) is 2.16. The van der Waals surface area contributed by atoms with Gasteiger partial charge in [-0.15, -0.1) is 0 Å². The van der Waals surface area contributed by atoms with E-state index in [9.17, 15) is 5.26 Å². The van der Waals surface area contributed by atoms with E-state index in [0.29, 0.717) is 6.42 Å². The molecular formula is C43H32N2O2. The Morgan fingerprint density at radius 2 is 1.62 bits per heavy atom. The van der Waals surface area contributed by atoms with Crippen LogP contribution in [0, 0.1) is 23.2 Å². The van der Waals surface area contributed by atoms with Gasteiger partial charge in [0.05, 0.1) is 29.3 Å². The van der Waals surface area contributed by atoms with E-state index in [1.54, 1.807) is 6.26 Å². The fourth-order valence-electron chi connectivity index (χ4n) is 7.89. The van der Waals surface area contributed by atoms with E-state index in [0.717, 1.165) is 44.9 Å². The van der Waals surface area contributed by atoms with Gasteiger partial charge in [-0.3, -0.25) is 0 Å². The van der Waals surface area contributed by atoms with Gasteiger partial charge in [0, 0.05) is 45.9 Å². The normalized spacial score (nSPS) is 25.0. The van der Waals surface area contributed by atoms with Crippen LogP contribution in [-0.2, 0) is 11.2 Å². The number of hydrogen-bond acceptors (Lipinski definition) is 3. The lowest BCUT2D eigenvalue weighted by Gasteiger charge is -2.31. The van der Waals surface area contributed by atoms with Crippen LogP contribution >= 0.6 is 0 Å². The maximum Gasteiger partial charge on any atom is 0.135 e. The van der Waals surface area contributed by atoms with Crippen LogP contribution in [0.3, 0.4) is 0 Å². The lowest BCUT2D eigenvalue weighted by molar-refractivity contribution is 0.0643. The van der Waals surface area contributed by atoms with Crippen molar-refractivity contribution in [3.8, 4) is 11.8 Å². The molecule has 3 heterocycles. The number of aromatic nitrogens is 1. The molecule has 0 saturated heterocycles. The molecule has 3 unspecified atom stereocenters. The van der Waals surface area contributed by atoms with Crippen molar-refractivity contribution in [2.75, 3.05) is 0 Å². The van der Waals surface area contributed by atoms with E-state index in [1.807, 2.05) is 24.3 Å². The SMILES string of the molecule is C[C@@]12C=CC(c3ccccc3)=CC1C1=C(Cc3cc(C4C(n5c6ccccc6c6ccccc65)=CC=CC4C#N)ccc3O/C=C\1)O2. The highest BCUT2D eigenvalue weighted by Gasteiger charge is 2.45. The van der Waals surface area contributed by atoms with E-state index in [4.69, 9.17) is 9.47 Å². The maximum absolute atomic E-state index is 10.4. The van der Waals surface area contributed by atoms with Crippen LogP contribution < -0.4 is 4.74 Å². The zero-order chi connectivity index (χ0) is 31.5. The van der Waals surface area contributed by atoms with Crippen LogP contribution in [0.15, 0.2) is 157 Å². The number of nitrogens with zero attached hydrogens (tertiary/aromatic N) is 2. The first-order valence-corrected chi connectivity index (χ1v) is 16.2. The molecule has 0 saturated carbocycles. The Hall–Kier alpha value is -5.79. The zero-order valence-corrected chi connectivity index (χ0v) is 26.0. The number of nitriles is 1. The highest BCUT2D eigenvalue weighted by molar-refractivity contribution is 6.10. The molecule has 0 fully saturated rings. The molecule has 0 radical (unpaired) electrons. The minimum Gasteiger partial charge on any atom is -0.486 e. The monoisotopic (exact) mass is 608 g/mol. The third-order valence-electron chi connectivity index (χ3n) is 10.2. The Bertz CT molecular complexity index is 2270. The van der Waals surface area contributed by atoms with Crippen LogP contribution in [0.2, 0.25) is 0 Å². The van der Waals surface area contributed by atoms with Crippen molar-refractivity contribution < 1.29 is 9.47 Å². The van der Waals surface area contributed by atoms with Crippen molar-refractivity contribution >= 4 is 33.1 Å². The highest BCUT2D eigenvalue weighted by Crippen LogP contribution is 2.49. The van der Waals surface area contributed by atoms with Crippen molar-refractivity contribution in [3.05, 3.63) is 174 Å². The maximum atomic E-state index is 10.4. The number of benzene rings is 4. The summed E-state index contributed by atoms with van der Waals surface area (Å²) < 4.78 is 15.4. The van der Waals surface area contributed by atoms with Crippen LogP contribution in [0.25, 0.3) is 33.1 Å². The average Bonchev–Trinajstić information content (AvgIpc) is 3.58. The minimum atomic E-state index is -0.470. The number of allylic oxidation sites excluding steroid dienone is 8. The molecule has 4 aromatic carbocycles. The van der Waals surface area contributed by atoms with Gasteiger partial charge < -0.3 is 14.0 Å². The molecule has 2 aliphatic carbocycles. The van der Waals surface area contributed by atoms with Crippen LogP contribution in [0.5, 0.6) is 5.75 Å². The number of ether oxygens (including phenoxy) is 2. The number of rotatable bonds is 3. The molecule has 0 amide bonds. The van der Waals surface area contributed by atoms with Crippen molar-refractivity contribution in [1.29, 1.82) is 5.26 Å². The third kappa shape index (κ3) is 4.35. The van der Waals surface area contributed by atoms with Crippen molar-refractivity contribution in [2.45, 2.75) is 24.9 Å². The van der Waals surface area contributed by atoms with Gasteiger partial charge in [0.15, 0.2) is 0 Å². The lowest BCUT2D eigenvalue weighted by atomic mass is 9.78. The Balaban J connectivity index is 1.13. The van der Waals surface area contributed by atoms with E-state index >= 15 is 0 Å². The molecule has 4 atom stereocenters. The number of hydrogen-bond donors (Lipinski definition) is 0. The summed E-state index contributed by atoms with van der Waals surface area (Å²) in [7, 11) is 0. The number of para-hydroxylation sites is 2. The molecule has 9 rings (SSSR count). The quantitative estimate of drug-likeness (QED) is 0.205. The molecule has 0 bridgehead atoms. The second-order valence-electron chi connectivity index (χ2n) is 12.9. The molecular weight excluding hydrogens is 576 g/mol. The highest BCUT2D eigenvalue weighted by atomic mass is 16.5. The Morgan fingerprint density at radius 3 is 2.38 bits per heavy atom. The van der Waals surface area contributed by atoms with Gasteiger partial charge in [-0.1, -0.05) is 103 Å². The lowest BCUT2D eigenvalue weighted by Crippen LogP contribution is -2.31. The van der Waals surface area contributed by atoms with E-state index in [-0.39, 0.29) is 17.8 Å². The van der Waals surface area contributed by atoms with Crippen LogP contribution in [-0.4, -0.2) is 10.2 Å². The largest absolute Gasteiger partial charge is 0.486 e. The minimum absolute atomic E-state index is 0.0681. The van der Waals surface area contributed by atoms with Gasteiger partial charge in [-0.2, -0.15) is 5.26 Å². The summed E-state index contributed by atoms with van der Waals surface area (Å²) in [6, 6.07) is 36.5. The summed E-state index contributed by atoms with van der Waals surface area (Å²) in [4.78, 5) is 0. The molecule has 5 aromatic rings. The fourth-order valence-corrected chi connectivity index (χ4v) is 7.89. The van der Waals surface area contributed by atoms with Gasteiger partial charge in [0.1, 0.15) is 17.1 Å². The van der Waals surface area contributed by atoms with Crippen molar-refractivity contribution in [1.82, 2.24) is 4.57 Å². The van der Waals surface area contributed by atoms with Gasteiger partial charge in [0.2, 0.25) is 0 Å². The van der Waals surface area contributed by atoms with Gasteiger partial charge >= 0.3 is 0 Å². The molecule has 2 aliphatic heterocycles. The van der Waals surface area contributed by atoms with Gasteiger partial charge in [0.25, 0.3) is 0 Å². The topological polar surface area (TPSA) is 47.2 Å². The molecule has 0 N–H and O–H groups in total. The van der Waals surface area contributed by atoms with E-state index < -0.39 is 5.60 Å². The molecule has 4 aliphatic rings. The summed E-state index contributed by atoms with van der Waals surface area (Å²) in [6.07, 6.45) is 17.4. The van der Waals surface area contributed by atoms with Crippen molar-refractivity contribution in [3.63, 3.8) is 0 Å². The standard InChI is InChI=1S/C43H32N2O2/c1-43-22-20-29(28-10-3-2-4-11-28)25-36(43)35-21-23-46-40-19-18-30(24-32(40)26-41(35)47-43)42-31(27-44)12-9-17-39(42)45-37-15-7-5-13-33(37)34-14-6-8-16-38(34)45/h2-25,31,36,42H,26H2,1H3/b23-21-/t31?,36?,42?,43-/m1/s1. The average molecular weight is 609 g/mol. The fraction of sp³-hybridized carbons (Fsp3) is 0.140. The summed E-state index contributed by atoms with van der Waals surface area (Å²) in [5.41, 5.74) is 8.55. The second-order valence-corrected chi connectivity index (χ2v) is 12.9. The Morgan fingerprint density at radius 1 is 0.872 bits per heavy atom. The molecule has 226 valence electrons. The smallest absolute Gasteiger partial charge is 0.135 e. The van der Waals surface area contributed by atoms with E-state index in [1.165, 1.54) is 21.9 Å². The first-order chi connectivity index (χ1) is 23.1. The first kappa shape index (κ1) is 27.5. The molecule has 4 heteroatoms. The van der Waals surface area contributed by atoms with Crippen LogP contribution in [0.4, 0.5) is 0 Å². The Labute approximate surface area is 274 Å². The zero-order valence-electron chi connectivity index (χ0n) is 26.0. The second kappa shape index (κ2) is 10.6. The predicted molar refractivity (Wildman–Crippen MR) is 188 cm³/mol. The molecule has 0 spiro atoms. The summed E-state index contributed by atoms with van der Waals surface area (Å²) >= 11 is 0.